The molecule has 0 aromatic carbocycles. The van der Waals surface area contributed by atoms with Crippen LogP contribution < -0.4 is 5.73 Å². The van der Waals surface area contributed by atoms with Gasteiger partial charge in [0.2, 0.25) is 5.91 Å². The van der Waals surface area contributed by atoms with E-state index >= 15 is 0 Å². The highest BCUT2D eigenvalue weighted by Gasteiger charge is 2.32. The topological polar surface area (TPSA) is 46.3 Å². The van der Waals surface area contributed by atoms with Crippen LogP contribution in [0.25, 0.3) is 0 Å². The molecule has 0 spiro atoms. The van der Waals surface area contributed by atoms with Crippen molar-refractivity contribution >= 4 is 18.3 Å². The minimum absolute atomic E-state index is 0. The van der Waals surface area contributed by atoms with E-state index in [9.17, 15) is 18.0 Å². The summed E-state index contributed by atoms with van der Waals surface area (Å²) in [5, 5.41) is 0. The summed E-state index contributed by atoms with van der Waals surface area (Å²) in [7, 11) is 0. The average Bonchev–Trinajstić information content (AvgIpc) is 2.10. The van der Waals surface area contributed by atoms with Crippen molar-refractivity contribution in [1.29, 1.82) is 0 Å². The summed E-state index contributed by atoms with van der Waals surface area (Å²) in [6.45, 7) is 0.916. The Kier molecular flexibility index (Phi) is 9.66. The van der Waals surface area contributed by atoms with Crippen LogP contribution in [0.3, 0.4) is 0 Å². The van der Waals surface area contributed by atoms with Gasteiger partial charge in [0.1, 0.15) is 6.54 Å². The Morgan fingerprint density at radius 2 is 1.94 bits per heavy atom. The average molecular weight is 263 g/mol. The maximum Gasteiger partial charge on any atom is 0.406 e. The molecule has 98 valence electrons. The lowest BCUT2D eigenvalue weighted by molar-refractivity contribution is -0.161. The first-order valence-electron chi connectivity index (χ1n) is 4.95. The molecule has 0 bridgehead atoms. The van der Waals surface area contributed by atoms with E-state index in [1.165, 1.54) is 0 Å². The van der Waals surface area contributed by atoms with Crippen LogP contribution in [0.1, 0.15) is 26.2 Å². The number of nitrogens with zero attached hydrogens (tertiary/aromatic N) is 1. The van der Waals surface area contributed by atoms with Gasteiger partial charge >= 0.3 is 6.18 Å². The summed E-state index contributed by atoms with van der Waals surface area (Å²) >= 11 is 0. The summed E-state index contributed by atoms with van der Waals surface area (Å²) in [5.41, 5.74) is 5.13. The maximum absolute atomic E-state index is 12.1. The predicted octanol–water partition coefficient (Wildman–Crippen LogP) is 1.95. The highest BCUT2D eigenvalue weighted by molar-refractivity contribution is 5.85. The summed E-state index contributed by atoms with van der Waals surface area (Å²) in [5.74, 6) is -0.525. The fourth-order valence-corrected chi connectivity index (χ4v) is 1.14. The van der Waals surface area contributed by atoms with Crippen LogP contribution >= 0.6 is 12.4 Å². The zero-order valence-corrected chi connectivity index (χ0v) is 10.0. The summed E-state index contributed by atoms with van der Waals surface area (Å²) in [6, 6.07) is 0. The Morgan fingerprint density at radius 3 is 2.31 bits per heavy atom. The largest absolute Gasteiger partial charge is 0.406 e. The van der Waals surface area contributed by atoms with Crippen molar-refractivity contribution in [1.82, 2.24) is 4.90 Å². The molecule has 0 atom stereocenters. The van der Waals surface area contributed by atoms with Crippen LogP contribution in [0.5, 0.6) is 0 Å². The van der Waals surface area contributed by atoms with Gasteiger partial charge in [0.05, 0.1) is 0 Å². The van der Waals surface area contributed by atoms with Crippen LogP contribution in [-0.2, 0) is 4.79 Å². The van der Waals surface area contributed by atoms with Crippen LogP contribution in [0.15, 0.2) is 0 Å². The molecule has 0 radical (unpaired) electrons. The number of hydrogen-bond donors (Lipinski definition) is 1. The van der Waals surface area contributed by atoms with Crippen LogP contribution in [-0.4, -0.2) is 36.6 Å². The maximum atomic E-state index is 12.1. The third-order valence-corrected chi connectivity index (χ3v) is 1.86. The van der Waals surface area contributed by atoms with Crippen molar-refractivity contribution in [3.63, 3.8) is 0 Å². The molecular formula is C9H18ClF3N2O. The third-order valence-electron chi connectivity index (χ3n) is 1.86. The number of alkyl halides is 3. The fraction of sp³-hybridized carbons (Fsp3) is 0.889. The quantitative estimate of drug-likeness (QED) is 0.795. The molecule has 0 saturated carbocycles. The van der Waals surface area contributed by atoms with Crippen molar-refractivity contribution < 1.29 is 18.0 Å². The van der Waals surface area contributed by atoms with Gasteiger partial charge in [-0.3, -0.25) is 4.79 Å². The van der Waals surface area contributed by atoms with Gasteiger partial charge in [-0.2, -0.15) is 13.2 Å². The molecule has 0 fully saturated rings. The van der Waals surface area contributed by atoms with E-state index in [1.54, 1.807) is 0 Å². The second kappa shape index (κ2) is 8.64. The number of nitrogens with two attached hydrogens (primary N) is 1. The van der Waals surface area contributed by atoms with E-state index in [-0.39, 0.29) is 31.9 Å². The summed E-state index contributed by atoms with van der Waals surface area (Å²) in [4.78, 5) is 12.1. The van der Waals surface area contributed by atoms with Crippen molar-refractivity contribution in [2.24, 2.45) is 5.73 Å². The van der Waals surface area contributed by atoms with Gasteiger partial charge in [-0.05, 0) is 6.42 Å². The molecule has 0 aromatic rings. The molecule has 7 heteroatoms. The highest BCUT2D eigenvalue weighted by Crippen LogP contribution is 2.17. The highest BCUT2D eigenvalue weighted by atomic mass is 35.5. The normalized spacial score (nSPS) is 10.8. The number of rotatable bonds is 6. The third kappa shape index (κ3) is 8.79. The zero-order valence-electron chi connectivity index (χ0n) is 9.22. The molecule has 0 aliphatic carbocycles. The molecule has 1 amide bonds. The molecule has 0 aliphatic heterocycles. The lowest BCUT2D eigenvalue weighted by Gasteiger charge is -2.23. The molecule has 0 saturated heterocycles. The first-order chi connectivity index (χ1) is 6.90. The minimum Gasteiger partial charge on any atom is -0.334 e. The van der Waals surface area contributed by atoms with Gasteiger partial charge in [-0.25, -0.2) is 0 Å². The number of unbranched alkanes of at least 4 members (excludes halogenated alkanes) is 1. The smallest absolute Gasteiger partial charge is 0.334 e. The number of carbonyl (C=O) groups excluding carboxylic acids is 1. The molecule has 3 nitrogen and oxygen atoms in total. The van der Waals surface area contributed by atoms with Gasteiger partial charge in [0.25, 0.3) is 0 Å². The van der Waals surface area contributed by atoms with E-state index < -0.39 is 18.6 Å². The van der Waals surface area contributed by atoms with Gasteiger partial charge in [-0.1, -0.05) is 13.3 Å². The standard InChI is InChI=1S/C9H17F3N2O.ClH/c1-2-3-6-14(7-9(10,11)12)8(15)4-5-13;/h2-7,13H2,1H3;1H. The number of hydrogen-bond acceptors (Lipinski definition) is 2. The van der Waals surface area contributed by atoms with Crippen molar-refractivity contribution in [2.75, 3.05) is 19.6 Å². The predicted molar refractivity (Wildman–Crippen MR) is 58.5 cm³/mol. The van der Waals surface area contributed by atoms with Gasteiger partial charge in [0, 0.05) is 19.5 Å². The number of carbonyl (C=O) groups is 1. The van der Waals surface area contributed by atoms with Crippen LogP contribution in [0.4, 0.5) is 13.2 Å². The van der Waals surface area contributed by atoms with Gasteiger partial charge in [0.15, 0.2) is 0 Å². The second-order valence-corrected chi connectivity index (χ2v) is 3.32. The molecule has 0 aliphatic rings. The molecule has 2 N–H and O–H groups in total. The van der Waals surface area contributed by atoms with Crippen LogP contribution in [0, 0.1) is 0 Å². The minimum atomic E-state index is -4.34. The van der Waals surface area contributed by atoms with E-state index in [2.05, 4.69) is 0 Å². The van der Waals surface area contributed by atoms with E-state index in [0.717, 1.165) is 11.3 Å². The molecule has 16 heavy (non-hydrogen) atoms. The van der Waals surface area contributed by atoms with E-state index in [4.69, 9.17) is 5.73 Å². The molecule has 0 rings (SSSR count). The van der Waals surface area contributed by atoms with Gasteiger partial charge < -0.3 is 10.6 Å². The molecule has 0 heterocycles. The first kappa shape index (κ1) is 17.9. The first-order valence-corrected chi connectivity index (χ1v) is 4.95. The van der Waals surface area contributed by atoms with Crippen molar-refractivity contribution in [3.05, 3.63) is 0 Å². The van der Waals surface area contributed by atoms with Crippen LogP contribution in [0.2, 0.25) is 0 Å². The Hall–Kier alpha value is -0.490. The van der Waals surface area contributed by atoms with Crippen molar-refractivity contribution in [3.8, 4) is 0 Å². The molecular weight excluding hydrogens is 245 g/mol. The zero-order chi connectivity index (χ0) is 11.9. The Bertz CT molecular complexity index is 200. The van der Waals surface area contributed by atoms with E-state index in [1.807, 2.05) is 6.92 Å². The summed E-state index contributed by atoms with van der Waals surface area (Å²) in [6.07, 6.45) is -3.03. The Morgan fingerprint density at radius 1 is 1.38 bits per heavy atom. The lowest BCUT2D eigenvalue weighted by Crippen LogP contribution is -2.40. The number of amides is 1. The number of halogens is 4. The molecule has 0 aromatic heterocycles. The summed E-state index contributed by atoms with van der Waals surface area (Å²) < 4.78 is 36.3. The molecule has 0 unspecified atom stereocenters. The van der Waals surface area contributed by atoms with E-state index in [0.29, 0.717) is 6.42 Å². The lowest BCUT2D eigenvalue weighted by atomic mass is 10.3. The van der Waals surface area contributed by atoms with Gasteiger partial charge in [-0.15, -0.1) is 12.4 Å². The SMILES string of the molecule is CCCCN(CC(F)(F)F)C(=O)CCN.Cl. The second-order valence-electron chi connectivity index (χ2n) is 3.32. The Labute approximate surface area is 99.6 Å². The monoisotopic (exact) mass is 262 g/mol. The Balaban J connectivity index is 0. The fourth-order valence-electron chi connectivity index (χ4n) is 1.14. The van der Waals surface area contributed by atoms with Crippen molar-refractivity contribution in [2.45, 2.75) is 32.4 Å².